The minimum absolute atomic E-state index is 0.0223. The van der Waals surface area contributed by atoms with Gasteiger partial charge in [-0.1, -0.05) is 54.3 Å². The highest BCUT2D eigenvalue weighted by Gasteiger charge is 2.42. The first-order valence-corrected chi connectivity index (χ1v) is 14.6. The average molecular weight is 543 g/mol. The monoisotopic (exact) mass is 542 g/mol. The molecular weight excluding hydrogens is 517 g/mol. The van der Waals surface area contributed by atoms with Crippen LogP contribution in [0.25, 0.3) is 6.08 Å². The molecule has 4 rings (SSSR count). The van der Waals surface area contributed by atoms with Crippen molar-refractivity contribution < 1.29 is 13.2 Å². The number of thiocarbonyl (C=S) groups is 1. The fourth-order valence-electron chi connectivity index (χ4n) is 4.53. The minimum atomic E-state index is -3.19. The zero-order valence-electron chi connectivity index (χ0n) is 20.0. The molecule has 0 saturated carbocycles. The van der Waals surface area contributed by atoms with Gasteiger partial charge in [0.05, 0.1) is 22.5 Å². The van der Waals surface area contributed by atoms with Crippen LogP contribution in [0.2, 0.25) is 0 Å². The van der Waals surface area contributed by atoms with E-state index in [1.807, 2.05) is 43.3 Å². The highest BCUT2D eigenvalue weighted by molar-refractivity contribution is 8.26. The highest BCUT2D eigenvalue weighted by Crippen LogP contribution is 2.37. The second kappa shape index (κ2) is 10.6. The minimum Gasteiger partial charge on any atom is -0.371 e. The molecule has 0 spiro atoms. The van der Waals surface area contributed by atoms with Gasteiger partial charge in [-0.25, -0.2) is 8.42 Å². The summed E-state index contributed by atoms with van der Waals surface area (Å²) in [5.41, 5.74) is 1.81. The molecule has 2 aromatic rings. The molecule has 188 valence electrons. The van der Waals surface area contributed by atoms with Crippen LogP contribution >= 0.6 is 24.0 Å². The number of aromatic nitrogens is 1. The van der Waals surface area contributed by atoms with E-state index in [2.05, 4.69) is 5.32 Å². The Morgan fingerprint density at radius 2 is 2.00 bits per heavy atom. The summed E-state index contributed by atoms with van der Waals surface area (Å²) in [6.07, 6.45) is 2.73. The van der Waals surface area contributed by atoms with Crippen LogP contribution in [0.3, 0.4) is 0 Å². The van der Waals surface area contributed by atoms with Gasteiger partial charge in [0.15, 0.2) is 9.84 Å². The number of thioether (sulfide) groups is 1. The summed E-state index contributed by atoms with van der Waals surface area (Å²) in [5, 5.41) is 13.0. The van der Waals surface area contributed by atoms with E-state index in [0.29, 0.717) is 45.7 Å². The predicted octanol–water partition coefficient (Wildman–Crippen LogP) is 3.09. The lowest BCUT2D eigenvalue weighted by Gasteiger charge is -2.21. The third-order valence-electron chi connectivity index (χ3n) is 6.41. The van der Waals surface area contributed by atoms with Gasteiger partial charge in [0, 0.05) is 18.7 Å². The third kappa shape index (κ3) is 5.12. The zero-order valence-corrected chi connectivity index (χ0v) is 22.4. The fourth-order valence-corrected chi connectivity index (χ4v) is 7.61. The van der Waals surface area contributed by atoms with Crippen molar-refractivity contribution in [3.05, 3.63) is 67.8 Å². The molecule has 1 aromatic heterocycles. The molecule has 2 saturated heterocycles. The number of benzene rings is 1. The topological polar surface area (TPSA) is 112 Å². The number of hydrogen-bond donors (Lipinski definition) is 1. The lowest BCUT2D eigenvalue weighted by atomic mass is 10.0. The average Bonchev–Trinajstić information content (AvgIpc) is 3.34. The number of anilines is 1. The first kappa shape index (κ1) is 26.1. The number of amides is 1. The number of nitrogens with zero attached hydrogens (tertiary/aromatic N) is 3. The summed E-state index contributed by atoms with van der Waals surface area (Å²) in [4.78, 5) is 28.1. The Kier molecular flexibility index (Phi) is 7.68. The van der Waals surface area contributed by atoms with Crippen molar-refractivity contribution in [1.29, 1.82) is 5.26 Å². The number of carbonyl (C=O) groups excluding carboxylic acids is 1. The van der Waals surface area contributed by atoms with Crippen molar-refractivity contribution in [1.82, 2.24) is 9.47 Å². The largest absolute Gasteiger partial charge is 0.371 e. The van der Waals surface area contributed by atoms with Crippen molar-refractivity contribution in [3.8, 4) is 6.07 Å². The smallest absolute Gasteiger partial charge is 0.270 e. The van der Waals surface area contributed by atoms with Crippen LogP contribution in [0.4, 0.5) is 5.82 Å². The summed E-state index contributed by atoms with van der Waals surface area (Å²) >= 11 is 6.55. The number of nitriles is 1. The van der Waals surface area contributed by atoms with Gasteiger partial charge in [0.1, 0.15) is 21.8 Å². The van der Waals surface area contributed by atoms with Gasteiger partial charge < -0.3 is 5.32 Å². The van der Waals surface area contributed by atoms with Crippen molar-refractivity contribution in [3.63, 3.8) is 0 Å². The Bertz CT molecular complexity index is 1460. The van der Waals surface area contributed by atoms with Gasteiger partial charge in [-0.15, -0.1) is 0 Å². The van der Waals surface area contributed by atoms with E-state index in [1.165, 1.54) is 9.47 Å². The number of hydrogen-bond acceptors (Lipinski definition) is 8. The van der Waals surface area contributed by atoms with Crippen molar-refractivity contribution in [2.24, 2.45) is 0 Å². The molecule has 1 amide bonds. The number of carbonyl (C=O) groups is 1. The summed E-state index contributed by atoms with van der Waals surface area (Å²) in [6.45, 7) is 4.39. The highest BCUT2D eigenvalue weighted by atomic mass is 32.2. The fraction of sp³-hybridized carbons (Fsp3) is 0.360. The van der Waals surface area contributed by atoms with Gasteiger partial charge in [-0.2, -0.15) is 5.26 Å². The SMILES string of the molecule is CCn1c(NCCc2ccccc2)c(/C=C2/SC(=S)N(C3CCS(=O)(=O)C3)C2=O)c(C)c(C#N)c1=O. The maximum Gasteiger partial charge on any atom is 0.270 e. The Morgan fingerprint density at radius 1 is 1.28 bits per heavy atom. The van der Waals surface area contributed by atoms with Gasteiger partial charge in [0.2, 0.25) is 0 Å². The van der Waals surface area contributed by atoms with Crippen LogP contribution in [0, 0.1) is 18.3 Å². The van der Waals surface area contributed by atoms with Crippen molar-refractivity contribution in [2.45, 2.75) is 39.3 Å². The molecule has 1 N–H and O–H groups in total. The van der Waals surface area contributed by atoms with Gasteiger partial charge in [0.25, 0.3) is 11.5 Å². The molecule has 2 aliphatic heterocycles. The maximum absolute atomic E-state index is 13.3. The standard InChI is InChI=1S/C25H26N4O4S3/c1-3-28-22(27-11-9-17-7-5-4-6-8-17)19(16(2)20(14-26)23(28)30)13-21-24(31)29(25(34)35-21)18-10-12-36(32,33)15-18/h4-8,13,18,27H,3,9-12,15H2,1-2H3/b21-13+. The molecule has 2 aliphatic rings. The number of rotatable bonds is 7. The maximum atomic E-state index is 13.3. The molecule has 0 aliphatic carbocycles. The molecule has 1 atom stereocenters. The summed E-state index contributed by atoms with van der Waals surface area (Å²) < 4.78 is 25.8. The van der Waals surface area contributed by atoms with E-state index < -0.39 is 15.9 Å². The van der Waals surface area contributed by atoms with Crippen molar-refractivity contribution >= 4 is 55.9 Å². The predicted molar refractivity (Wildman–Crippen MR) is 147 cm³/mol. The second-order valence-electron chi connectivity index (χ2n) is 8.69. The van der Waals surface area contributed by atoms with E-state index in [0.717, 1.165) is 23.7 Å². The lowest BCUT2D eigenvalue weighted by Crippen LogP contribution is -2.39. The molecule has 11 heteroatoms. The normalized spacial score (nSPS) is 20.2. The zero-order chi connectivity index (χ0) is 26.0. The van der Waals surface area contributed by atoms with Gasteiger partial charge in [-0.3, -0.25) is 19.1 Å². The molecule has 1 unspecified atom stereocenters. The molecule has 36 heavy (non-hydrogen) atoms. The molecule has 8 nitrogen and oxygen atoms in total. The third-order valence-corrected chi connectivity index (χ3v) is 9.49. The van der Waals surface area contributed by atoms with Crippen LogP contribution in [-0.4, -0.2) is 52.2 Å². The molecule has 0 radical (unpaired) electrons. The quantitative estimate of drug-likeness (QED) is 0.420. The van der Waals surface area contributed by atoms with E-state index in [4.69, 9.17) is 12.2 Å². The van der Waals surface area contributed by atoms with Crippen LogP contribution in [0.15, 0.2) is 40.0 Å². The van der Waals surface area contributed by atoms with E-state index in [9.17, 15) is 23.3 Å². The van der Waals surface area contributed by atoms with Crippen LogP contribution in [-0.2, 0) is 27.6 Å². The lowest BCUT2D eigenvalue weighted by molar-refractivity contribution is -0.123. The van der Waals surface area contributed by atoms with E-state index in [1.54, 1.807) is 13.0 Å². The number of sulfone groups is 1. The summed E-state index contributed by atoms with van der Waals surface area (Å²) in [5.74, 6) is 0.116. The number of pyridine rings is 1. The van der Waals surface area contributed by atoms with Crippen LogP contribution in [0.5, 0.6) is 0 Å². The first-order chi connectivity index (χ1) is 17.2. The Morgan fingerprint density at radius 3 is 2.61 bits per heavy atom. The van der Waals surface area contributed by atoms with Crippen LogP contribution < -0.4 is 10.9 Å². The molecule has 1 aromatic carbocycles. The van der Waals surface area contributed by atoms with E-state index >= 15 is 0 Å². The first-order valence-electron chi connectivity index (χ1n) is 11.6. The molecule has 3 heterocycles. The summed E-state index contributed by atoms with van der Waals surface area (Å²) in [6, 6.07) is 11.5. The molecule has 2 fully saturated rings. The molecular formula is C25H26N4O4S3. The van der Waals surface area contributed by atoms with Gasteiger partial charge >= 0.3 is 0 Å². The molecule has 0 bridgehead atoms. The number of nitrogens with one attached hydrogen (secondary N) is 1. The van der Waals surface area contributed by atoms with Crippen LogP contribution in [0.1, 0.15) is 35.6 Å². The summed E-state index contributed by atoms with van der Waals surface area (Å²) in [7, 11) is -3.19. The Balaban J connectivity index is 1.72. The van der Waals surface area contributed by atoms with Gasteiger partial charge in [-0.05, 0) is 43.9 Å². The Hall–Kier alpha value is -2.94. The van der Waals surface area contributed by atoms with Crippen molar-refractivity contribution in [2.75, 3.05) is 23.4 Å². The Labute approximate surface area is 219 Å². The second-order valence-corrected chi connectivity index (χ2v) is 12.6. The van der Waals surface area contributed by atoms with E-state index in [-0.39, 0.29) is 28.5 Å².